The molecule has 0 bridgehead atoms. The molecule has 1 aliphatic heterocycles. The van der Waals surface area contributed by atoms with Crippen molar-refractivity contribution >= 4 is 17.2 Å². The summed E-state index contributed by atoms with van der Waals surface area (Å²) in [5, 5.41) is 13.6. The number of imidazole rings is 1. The van der Waals surface area contributed by atoms with Gasteiger partial charge in [-0.05, 0) is 37.5 Å². The standard InChI is InChI=1S/C18H18ClN7O/c1-24-13(5-7-21-24)12-10-16(19)23-26-15(11-20-18(12)26)14-6-8-22-25(14)17-4-2-3-9-27-17/h5-8,10-11,17H,2-4,9H2,1H3. The number of aryl methyl sites for hydroxylation is 1. The summed E-state index contributed by atoms with van der Waals surface area (Å²) in [5.41, 5.74) is 4.24. The van der Waals surface area contributed by atoms with E-state index < -0.39 is 0 Å². The molecule has 1 atom stereocenters. The van der Waals surface area contributed by atoms with Crippen LogP contribution >= 0.6 is 11.6 Å². The molecule has 27 heavy (non-hydrogen) atoms. The Morgan fingerprint density at radius 3 is 2.74 bits per heavy atom. The van der Waals surface area contributed by atoms with Gasteiger partial charge in [-0.1, -0.05) is 11.6 Å². The summed E-state index contributed by atoms with van der Waals surface area (Å²) in [7, 11) is 1.89. The minimum atomic E-state index is -0.0648. The molecule has 0 N–H and O–H groups in total. The first-order valence-corrected chi connectivity index (χ1v) is 9.28. The lowest BCUT2D eigenvalue weighted by atomic mass is 10.2. The molecular formula is C18H18ClN7O. The quantitative estimate of drug-likeness (QED) is 0.542. The Morgan fingerprint density at radius 2 is 1.96 bits per heavy atom. The predicted molar refractivity (Wildman–Crippen MR) is 100 cm³/mol. The number of halogens is 1. The monoisotopic (exact) mass is 383 g/mol. The molecule has 1 aliphatic rings. The molecule has 0 saturated carbocycles. The van der Waals surface area contributed by atoms with E-state index in [4.69, 9.17) is 16.3 Å². The number of fused-ring (bicyclic) bond motifs is 1. The summed E-state index contributed by atoms with van der Waals surface area (Å²) in [5.74, 6) is 0. The van der Waals surface area contributed by atoms with Crippen molar-refractivity contribution < 1.29 is 4.74 Å². The average molecular weight is 384 g/mol. The van der Waals surface area contributed by atoms with Crippen LogP contribution in [0, 0.1) is 0 Å². The predicted octanol–water partition coefficient (Wildman–Crippen LogP) is 3.35. The van der Waals surface area contributed by atoms with Gasteiger partial charge in [-0.3, -0.25) is 4.68 Å². The second-order valence-corrected chi connectivity index (χ2v) is 6.97. The summed E-state index contributed by atoms with van der Waals surface area (Å²) in [6, 6.07) is 5.69. The molecule has 4 aromatic rings. The van der Waals surface area contributed by atoms with E-state index in [0.29, 0.717) is 5.15 Å². The van der Waals surface area contributed by atoms with Crippen molar-refractivity contribution in [2.45, 2.75) is 25.5 Å². The van der Waals surface area contributed by atoms with Crippen molar-refractivity contribution in [3.05, 3.63) is 41.9 Å². The number of aromatic nitrogens is 7. The van der Waals surface area contributed by atoms with E-state index in [0.717, 1.165) is 54.2 Å². The number of ether oxygens (including phenoxy) is 1. The minimum absolute atomic E-state index is 0.0648. The van der Waals surface area contributed by atoms with E-state index in [1.165, 1.54) is 0 Å². The van der Waals surface area contributed by atoms with E-state index in [-0.39, 0.29) is 6.23 Å². The Kier molecular flexibility index (Phi) is 3.95. The molecule has 1 unspecified atom stereocenters. The third-order valence-corrected chi connectivity index (χ3v) is 5.08. The maximum atomic E-state index is 6.34. The number of nitrogens with zero attached hydrogens (tertiary/aromatic N) is 7. The van der Waals surface area contributed by atoms with Crippen LogP contribution in [-0.2, 0) is 11.8 Å². The Morgan fingerprint density at radius 1 is 1.11 bits per heavy atom. The molecule has 9 heteroatoms. The molecule has 4 aromatic heterocycles. The highest BCUT2D eigenvalue weighted by Crippen LogP contribution is 2.31. The second kappa shape index (κ2) is 6.47. The zero-order valence-electron chi connectivity index (χ0n) is 14.8. The van der Waals surface area contributed by atoms with E-state index in [9.17, 15) is 0 Å². The fraction of sp³-hybridized carbons (Fsp3) is 0.333. The topological polar surface area (TPSA) is 75.1 Å². The molecule has 0 amide bonds. The van der Waals surface area contributed by atoms with Crippen molar-refractivity contribution in [2.75, 3.05) is 6.61 Å². The van der Waals surface area contributed by atoms with Crippen molar-refractivity contribution in [3.63, 3.8) is 0 Å². The normalized spacial score (nSPS) is 17.6. The van der Waals surface area contributed by atoms with Crippen LogP contribution in [0.15, 0.2) is 36.8 Å². The molecular weight excluding hydrogens is 366 g/mol. The summed E-state index contributed by atoms with van der Waals surface area (Å²) < 4.78 is 11.4. The lowest BCUT2D eigenvalue weighted by molar-refractivity contribution is -0.0384. The highest BCUT2D eigenvalue weighted by atomic mass is 35.5. The molecule has 0 aliphatic carbocycles. The van der Waals surface area contributed by atoms with Crippen LogP contribution < -0.4 is 0 Å². The molecule has 5 rings (SSSR count). The van der Waals surface area contributed by atoms with Crippen LogP contribution in [0.1, 0.15) is 25.5 Å². The maximum Gasteiger partial charge on any atom is 0.163 e. The van der Waals surface area contributed by atoms with Gasteiger partial charge in [-0.2, -0.15) is 15.3 Å². The maximum absolute atomic E-state index is 6.34. The summed E-state index contributed by atoms with van der Waals surface area (Å²) in [4.78, 5) is 4.62. The molecule has 1 saturated heterocycles. The third kappa shape index (κ3) is 2.72. The van der Waals surface area contributed by atoms with Crippen molar-refractivity contribution in [2.24, 2.45) is 7.05 Å². The van der Waals surface area contributed by atoms with E-state index in [1.54, 1.807) is 27.8 Å². The first kappa shape index (κ1) is 16.5. The minimum Gasteiger partial charge on any atom is -0.356 e. The highest BCUT2D eigenvalue weighted by molar-refractivity contribution is 6.29. The van der Waals surface area contributed by atoms with Crippen LogP contribution in [0.3, 0.4) is 0 Å². The Hall–Kier alpha value is -2.71. The Labute approximate surface area is 160 Å². The molecule has 0 radical (unpaired) electrons. The molecule has 0 spiro atoms. The largest absolute Gasteiger partial charge is 0.356 e. The zero-order valence-corrected chi connectivity index (χ0v) is 15.5. The molecule has 138 valence electrons. The number of rotatable bonds is 3. The van der Waals surface area contributed by atoms with Gasteiger partial charge in [-0.15, -0.1) is 0 Å². The lowest BCUT2D eigenvalue weighted by Gasteiger charge is -2.24. The first-order valence-electron chi connectivity index (χ1n) is 8.90. The fourth-order valence-corrected chi connectivity index (χ4v) is 3.79. The van der Waals surface area contributed by atoms with Gasteiger partial charge in [0.2, 0.25) is 0 Å². The number of hydrogen-bond donors (Lipinski definition) is 0. The molecule has 0 aromatic carbocycles. The second-order valence-electron chi connectivity index (χ2n) is 6.58. The average Bonchev–Trinajstić information content (AvgIpc) is 3.40. The Bertz CT molecular complexity index is 1110. The van der Waals surface area contributed by atoms with E-state index in [1.807, 2.05) is 29.9 Å². The number of hydrogen-bond acceptors (Lipinski definition) is 5. The summed E-state index contributed by atoms with van der Waals surface area (Å²) in [6.45, 7) is 0.756. The van der Waals surface area contributed by atoms with Gasteiger partial charge < -0.3 is 4.74 Å². The van der Waals surface area contributed by atoms with Crippen LogP contribution in [0.5, 0.6) is 0 Å². The molecule has 1 fully saturated rings. The van der Waals surface area contributed by atoms with Crippen LogP contribution in [0.2, 0.25) is 5.15 Å². The third-order valence-electron chi connectivity index (χ3n) is 4.90. The smallest absolute Gasteiger partial charge is 0.163 e. The van der Waals surface area contributed by atoms with E-state index in [2.05, 4.69) is 20.3 Å². The van der Waals surface area contributed by atoms with Gasteiger partial charge in [0.25, 0.3) is 0 Å². The first-order chi connectivity index (χ1) is 13.2. The molecule has 8 nitrogen and oxygen atoms in total. The van der Waals surface area contributed by atoms with Gasteiger partial charge >= 0.3 is 0 Å². The lowest BCUT2D eigenvalue weighted by Crippen LogP contribution is -2.20. The van der Waals surface area contributed by atoms with E-state index >= 15 is 0 Å². The molecule has 5 heterocycles. The summed E-state index contributed by atoms with van der Waals surface area (Å²) >= 11 is 6.34. The van der Waals surface area contributed by atoms with Crippen LogP contribution in [0.25, 0.3) is 28.3 Å². The van der Waals surface area contributed by atoms with Crippen LogP contribution in [0.4, 0.5) is 0 Å². The van der Waals surface area contributed by atoms with Crippen molar-refractivity contribution in [1.29, 1.82) is 0 Å². The van der Waals surface area contributed by atoms with Crippen LogP contribution in [-0.4, -0.2) is 40.8 Å². The zero-order chi connectivity index (χ0) is 18.4. The highest BCUT2D eigenvalue weighted by Gasteiger charge is 2.22. The van der Waals surface area contributed by atoms with Gasteiger partial charge in [0.1, 0.15) is 5.69 Å². The van der Waals surface area contributed by atoms with Gasteiger partial charge in [0.15, 0.2) is 17.0 Å². The van der Waals surface area contributed by atoms with Gasteiger partial charge in [0.05, 0.1) is 17.6 Å². The van der Waals surface area contributed by atoms with Crippen molar-refractivity contribution in [3.8, 4) is 22.6 Å². The van der Waals surface area contributed by atoms with Gasteiger partial charge in [-0.25, -0.2) is 14.2 Å². The van der Waals surface area contributed by atoms with Gasteiger partial charge in [0, 0.05) is 31.6 Å². The SMILES string of the molecule is Cn1nccc1-c1cc(Cl)nn2c(-c3ccnn3C3CCCCO3)cnc12. The van der Waals surface area contributed by atoms with Crippen molar-refractivity contribution in [1.82, 2.24) is 34.2 Å². The Balaban J connectivity index is 1.67. The summed E-state index contributed by atoms with van der Waals surface area (Å²) in [6.07, 6.45) is 8.43. The fourth-order valence-electron chi connectivity index (χ4n) is 3.60.